The van der Waals surface area contributed by atoms with E-state index in [9.17, 15) is 20.6 Å². The summed E-state index contributed by atoms with van der Waals surface area (Å²) in [4.78, 5) is 13.6. The average Bonchev–Trinajstić information content (AvgIpc) is 2.72. The zero-order valence-electron chi connectivity index (χ0n) is 15.6. The molecule has 7 nitrogen and oxygen atoms in total. The largest absolute Gasteiger partial charge is 0.497 e. The lowest BCUT2D eigenvalue weighted by Gasteiger charge is -2.47. The van der Waals surface area contributed by atoms with Gasteiger partial charge in [-0.1, -0.05) is 18.2 Å². The molecule has 1 aromatic carbocycles. The topological polar surface area (TPSA) is 125 Å². The molecule has 1 N–H and O–H groups in total. The smallest absolute Gasteiger partial charge is 0.219 e. The second-order valence-corrected chi connectivity index (χ2v) is 7.00. The Balaban J connectivity index is 2.26. The van der Waals surface area contributed by atoms with Gasteiger partial charge in [0.2, 0.25) is 5.91 Å². The van der Waals surface area contributed by atoms with Crippen molar-refractivity contribution < 1.29 is 9.53 Å². The number of methoxy groups -OCH3 is 1. The highest BCUT2D eigenvalue weighted by Crippen LogP contribution is 2.53. The van der Waals surface area contributed by atoms with Crippen molar-refractivity contribution in [2.75, 3.05) is 20.2 Å². The van der Waals surface area contributed by atoms with Gasteiger partial charge in [-0.25, -0.2) is 0 Å². The third-order valence-corrected chi connectivity index (χ3v) is 5.69. The molecule has 1 saturated carbocycles. The van der Waals surface area contributed by atoms with Crippen LogP contribution in [0.3, 0.4) is 0 Å². The number of nitrogens with zero attached hydrogens (tertiary/aromatic N) is 4. The van der Waals surface area contributed by atoms with Gasteiger partial charge in [-0.05, 0) is 23.3 Å². The quantitative estimate of drug-likeness (QED) is 0.797. The van der Waals surface area contributed by atoms with Crippen LogP contribution in [0.15, 0.2) is 35.9 Å². The van der Waals surface area contributed by atoms with Crippen LogP contribution >= 0.6 is 0 Å². The summed E-state index contributed by atoms with van der Waals surface area (Å²) < 4.78 is 5.29. The Bertz CT molecular complexity index is 977. The van der Waals surface area contributed by atoms with E-state index in [0.29, 0.717) is 30.0 Å². The summed E-state index contributed by atoms with van der Waals surface area (Å²) in [6, 6.07) is 13.2. The molecule has 7 heteroatoms. The van der Waals surface area contributed by atoms with E-state index in [0.717, 1.165) is 0 Å². The van der Waals surface area contributed by atoms with E-state index in [1.54, 1.807) is 35.2 Å². The number of rotatable bonds is 2. The molecule has 1 unspecified atom stereocenters. The van der Waals surface area contributed by atoms with E-state index in [2.05, 4.69) is 6.07 Å². The summed E-state index contributed by atoms with van der Waals surface area (Å²) in [6.45, 7) is 2.11. The Morgan fingerprint density at radius 3 is 2.61 bits per heavy atom. The summed E-state index contributed by atoms with van der Waals surface area (Å²) in [6.07, 6.45) is 1.80. The Hall–Kier alpha value is -3.63. The zero-order chi connectivity index (χ0) is 20.5. The van der Waals surface area contributed by atoms with Crippen molar-refractivity contribution in [2.45, 2.75) is 12.8 Å². The third kappa shape index (κ3) is 2.71. The maximum Gasteiger partial charge on any atom is 0.219 e. The number of hydrogen-bond donors (Lipinski definition) is 1. The molecule has 0 bridgehead atoms. The molecule has 0 saturated heterocycles. The van der Waals surface area contributed by atoms with E-state index in [1.165, 1.54) is 14.0 Å². The van der Waals surface area contributed by atoms with Crippen molar-refractivity contribution in [1.29, 1.82) is 21.2 Å². The molecule has 28 heavy (non-hydrogen) atoms. The number of nitrogens with one attached hydrogen (secondary N) is 1. The third-order valence-electron chi connectivity index (χ3n) is 5.69. The number of amides is 1. The minimum absolute atomic E-state index is 0.117. The number of benzene rings is 1. The highest BCUT2D eigenvalue weighted by Gasteiger charge is 2.57. The van der Waals surface area contributed by atoms with Crippen LogP contribution in [0.1, 0.15) is 18.4 Å². The molecule has 1 aromatic rings. The summed E-state index contributed by atoms with van der Waals surface area (Å²) >= 11 is 0. The first-order chi connectivity index (χ1) is 13.4. The van der Waals surface area contributed by atoms with Crippen molar-refractivity contribution in [3.8, 4) is 24.0 Å². The van der Waals surface area contributed by atoms with E-state index >= 15 is 0 Å². The van der Waals surface area contributed by atoms with Crippen LogP contribution in [-0.4, -0.2) is 36.7 Å². The molecule has 1 fully saturated rings. The van der Waals surface area contributed by atoms with Gasteiger partial charge in [0, 0.05) is 31.8 Å². The van der Waals surface area contributed by atoms with Gasteiger partial charge in [0.15, 0.2) is 5.41 Å². The van der Waals surface area contributed by atoms with Crippen molar-refractivity contribution in [1.82, 2.24) is 4.90 Å². The lowest BCUT2D eigenvalue weighted by Crippen LogP contribution is -2.53. The highest BCUT2D eigenvalue weighted by molar-refractivity contribution is 6.01. The summed E-state index contributed by atoms with van der Waals surface area (Å²) in [5, 5.41) is 38.2. The van der Waals surface area contributed by atoms with Crippen LogP contribution < -0.4 is 4.74 Å². The zero-order valence-corrected chi connectivity index (χ0v) is 15.6. The average molecular weight is 373 g/mol. The molecule has 140 valence electrons. The first-order valence-corrected chi connectivity index (χ1v) is 8.84. The van der Waals surface area contributed by atoms with Crippen LogP contribution in [-0.2, 0) is 4.79 Å². The lowest BCUT2D eigenvalue weighted by molar-refractivity contribution is -0.129. The normalized spacial score (nSPS) is 25.4. The summed E-state index contributed by atoms with van der Waals surface area (Å²) in [5.41, 5.74) is -0.621. The van der Waals surface area contributed by atoms with Crippen molar-refractivity contribution in [2.24, 2.45) is 17.3 Å². The second kappa shape index (κ2) is 7.18. The van der Waals surface area contributed by atoms with E-state index in [1.807, 2.05) is 12.1 Å². The maximum atomic E-state index is 12.0. The first-order valence-electron chi connectivity index (χ1n) is 8.84. The number of hydrogen-bond acceptors (Lipinski definition) is 6. The minimum atomic E-state index is -1.80. The van der Waals surface area contributed by atoms with Gasteiger partial charge in [-0.3, -0.25) is 4.79 Å². The van der Waals surface area contributed by atoms with E-state index in [-0.39, 0.29) is 11.6 Å². The molecule has 0 aromatic heterocycles. The number of fused-ring (bicyclic) bond motifs is 1. The van der Waals surface area contributed by atoms with Crippen LogP contribution in [0.4, 0.5) is 0 Å². The predicted octanol–water partition coefficient (Wildman–Crippen LogP) is 2.39. The fourth-order valence-corrected chi connectivity index (χ4v) is 4.28. The van der Waals surface area contributed by atoms with Gasteiger partial charge in [0.1, 0.15) is 11.7 Å². The van der Waals surface area contributed by atoms with Crippen molar-refractivity contribution in [3.05, 3.63) is 41.5 Å². The van der Waals surface area contributed by atoms with Gasteiger partial charge in [-0.15, -0.1) is 0 Å². The molecule has 1 heterocycles. The van der Waals surface area contributed by atoms with E-state index in [4.69, 9.17) is 10.1 Å². The number of nitriles is 3. The summed E-state index contributed by atoms with van der Waals surface area (Å²) in [5.74, 6) is -1.60. The number of carbonyl (C=O) groups excluding carboxylic acids is 1. The maximum absolute atomic E-state index is 12.0. The van der Waals surface area contributed by atoms with Crippen LogP contribution in [0.5, 0.6) is 5.75 Å². The molecule has 2 aliphatic rings. The van der Waals surface area contributed by atoms with Crippen LogP contribution in [0.2, 0.25) is 0 Å². The monoisotopic (exact) mass is 373 g/mol. The Morgan fingerprint density at radius 2 is 2.04 bits per heavy atom. The predicted molar refractivity (Wildman–Crippen MR) is 100 cm³/mol. The number of ether oxygens (including phenoxy) is 1. The Morgan fingerprint density at radius 1 is 1.32 bits per heavy atom. The van der Waals surface area contributed by atoms with Crippen molar-refractivity contribution in [3.63, 3.8) is 0 Å². The second-order valence-electron chi connectivity index (χ2n) is 7.00. The lowest BCUT2D eigenvalue weighted by atomic mass is 9.54. The molecule has 1 aliphatic carbocycles. The molecule has 0 radical (unpaired) electrons. The minimum Gasteiger partial charge on any atom is -0.497 e. The molecular formula is C21H19N5O2. The Labute approximate surface area is 163 Å². The molecular weight excluding hydrogens is 354 g/mol. The molecule has 3 atom stereocenters. The fourth-order valence-electron chi connectivity index (χ4n) is 4.28. The first kappa shape index (κ1) is 19.1. The molecule has 1 amide bonds. The summed E-state index contributed by atoms with van der Waals surface area (Å²) in [7, 11) is 1.53. The molecule has 0 spiro atoms. The van der Waals surface area contributed by atoms with Crippen LogP contribution in [0, 0.1) is 56.7 Å². The van der Waals surface area contributed by atoms with Crippen LogP contribution in [0.25, 0.3) is 0 Å². The van der Waals surface area contributed by atoms with Gasteiger partial charge in [-0.2, -0.15) is 15.8 Å². The SMILES string of the molecule is COc1cccc([C@H]2[C@@H]3CN(C(C)=O)CC=C3C(C#N)C(=N)C2(C#N)C#N)c1. The standard InChI is InChI=1S/C21H19N5O2/c1-13(27)26-7-6-16-17(9-22)20(25)21(11-23,12-24)19(18(16)10-26)14-4-3-5-15(8-14)28-2/h3-6,8,17-19,25H,7,10H2,1-2H3/t17?,18-,19+/m1/s1. The Kier molecular flexibility index (Phi) is 4.91. The fraction of sp³-hybridized carbons (Fsp3) is 0.381. The van der Waals surface area contributed by atoms with Gasteiger partial charge < -0.3 is 15.0 Å². The van der Waals surface area contributed by atoms with Gasteiger partial charge >= 0.3 is 0 Å². The molecule has 3 rings (SSSR count). The van der Waals surface area contributed by atoms with E-state index < -0.39 is 23.2 Å². The molecule has 1 aliphatic heterocycles. The number of carbonyl (C=O) groups is 1. The van der Waals surface area contributed by atoms with Gasteiger partial charge in [0.05, 0.1) is 31.0 Å². The highest BCUT2D eigenvalue weighted by atomic mass is 16.5. The van der Waals surface area contributed by atoms with Gasteiger partial charge in [0.25, 0.3) is 0 Å². The van der Waals surface area contributed by atoms with Crippen molar-refractivity contribution >= 4 is 11.6 Å².